The first-order chi connectivity index (χ1) is 10.1. The first-order valence-electron chi connectivity index (χ1n) is 7.33. The summed E-state index contributed by atoms with van der Waals surface area (Å²) in [4.78, 5) is 4.77. The van der Waals surface area contributed by atoms with Crippen LogP contribution in [0, 0.1) is 0 Å². The topological polar surface area (TPSA) is 31.7 Å². The number of nitrogens with zero attached hydrogens (tertiary/aromatic N) is 2. The minimum Gasteiger partial charge on any atom is -0.459 e. The lowest BCUT2D eigenvalue weighted by Gasteiger charge is -2.41. The molecule has 1 fully saturated rings. The van der Waals surface area contributed by atoms with Crippen LogP contribution in [-0.4, -0.2) is 56.6 Å². The third-order valence-electron chi connectivity index (χ3n) is 4.40. The minimum atomic E-state index is 0.170. The lowest BCUT2D eigenvalue weighted by Crippen LogP contribution is -2.54. The van der Waals surface area contributed by atoms with Crippen molar-refractivity contribution in [2.75, 3.05) is 40.8 Å². The van der Waals surface area contributed by atoms with Crippen molar-refractivity contribution < 1.29 is 4.42 Å². The highest BCUT2D eigenvalue weighted by Crippen LogP contribution is 2.30. The Hall–Kier alpha value is -1.07. The van der Waals surface area contributed by atoms with Crippen molar-refractivity contribution in [2.24, 2.45) is 0 Å². The summed E-state index contributed by atoms with van der Waals surface area (Å²) in [6.07, 6.45) is 0. The van der Waals surface area contributed by atoms with E-state index in [0.29, 0.717) is 6.04 Å². The molecule has 2 aromatic rings. The van der Waals surface area contributed by atoms with Crippen molar-refractivity contribution >= 4 is 22.6 Å². The van der Waals surface area contributed by atoms with Gasteiger partial charge in [0.15, 0.2) is 0 Å². The predicted molar refractivity (Wildman–Crippen MR) is 86.9 cm³/mol. The van der Waals surface area contributed by atoms with Gasteiger partial charge in [-0.3, -0.25) is 4.90 Å². The Morgan fingerprint density at radius 2 is 2.10 bits per heavy atom. The number of halogens is 1. The van der Waals surface area contributed by atoms with Crippen LogP contribution in [0.5, 0.6) is 0 Å². The average Bonchev–Trinajstić information content (AvgIpc) is 2.86. The van der Waals surface area contributed by atoms with E-state index >= 15 is 0 Å². The van der Waals surface area contributed by atoms with Gasteiger partial charge in [-0.1, -0.05) is 11.6 Å². The maximum atomic E-state index is 6.06. The summed E-state index contributed by atoms with van der Waals surface area (Å²) >= 11 is 6.06. The number of benzene rings is 1. The number of likely N-dealkylation sites (N-methyl/N-ethyl adjacent to an activating group) is 3. The summed E-state index contributed by atoms with van der Waals surface area (Å²) in [7, 11) is 6.35. The van der Waals surface area contributed by atoms with Gasteiger partial charge in [0.2, 0.25) is 0 Å². The fourth-order valence-corrected chi connectivity index (χ4v) is 3.30. The molecule has 0 saturated carbocycles. The molecule has 21 heavy (non-hydrogen) atoms. The molecule has 0 radical (unpaired) electrons. The Bertz CT molecular complexity index is 627. The largest absolute Gasteiger partial charge is 0.459 e. The van der Waals surface area contributed by atoms with Crippen molar-refractivity contribution in [3.05, 3.63) is 35.0 Å². The van der Waals surface area contributed by atoms with Gasteiger partial charge in [-0.05, 0) is 45.4 Å². The first-order valence-corrected chi connectivity index (χ1v) is 7.71. The highest BCUT2D eigenvalue weighted by molar-refractivity contribution is 6.31. The van der Waals surface area contributed by atoms with Crippen molar-refractivity contribution in [3.63, 3.8) is 0 Å². The molecule has 5 heteroatoms. The van der Waals surface area contributed by atoms with Crippen molar-refractivity contribution in [1.29, 1.82) is 0 Å². The van der Waals surface area contributed by atoms with Gasteiger partial charge >= 0.3 is 0 Å². The van der Waals surface area contributed by atoms with E-state index in [1.54, 1.807) is 0 Å². The zero-order chi connectivity index (χ0) is 15.0. The molecule has 1 N–H and O–H groups in total. The molecule has 3 rings (SSSR count). The van der Waals surface area contributed by atoms with E-state index in [0.717, 1.165) is 41.4 Å². The zero-order valence-electron chi connectivity index (χ0n) is 12.8. The maximum absolute atomic E-state index is 6.06. The Morgan fingerprint density at radius 3 is 2.86 bits per heavy atom. The van der Waals surface area contributed by atoms with Crippen molar-refractivity contribution in [3.8, 4) is 0 Å². The van der Waals surface area contributed by atoms with E-state index in [9.17, 15) is 0 Å². The molecule has 0 spiro atoms. The molecule has 2 unspecified atom stereocenters. The summed E-state index contributed by atoms with van der Waals surface area (Å²) < 4.78 is 6.05. The van der Waals surface area contributed by atoms with E-state index < -0.39 is 0 Å². The Labute approximate surface area is 130 Å². The van der Waals surface area contributed by atoms with Crippen LogP contribution in [0.1, 0.15) is 11.8 Å². The van der Waals surface area contributed by atoms with E-state index in [-0.39, 0.29) is 6.04 Å². The maximum Gasteiger partial charge on any atom is 0.134 e. The molecule has 1 aliphatic rings. The van der Waals surface area contributed by atoms with Crippen LogP contribution in [-0.2, 0) is 0 Å². The molecule has 0 aliphatic carbocycles. The summed E-state index contributed by atoms with van der Waals surface area (Å²) in [5.74, 6) is 0.974. The SMILES string of the molecule is CNC(c1cc2cc(Cl)ccc2o1)C1CN(C)CCN1C. The second kappa shape index (κ2) is 5.97. The van der Waals surface area contributed by atoms with Crippen LogP contribution < -0.4 is 5.32 Å². The number of hydrogen-bond acceptors (Lipinski definition) is 4. The Kier molecular flexibility index (Phi) is 4.22. The van der Waals surface area contributed by atoms with Gasteiger partial charge in [0, 0.05) is 36.1 Å². The number of piperazine rings is 1. The highest BCUT2D eigenvalue weighted by atomic mass is 35.5. The van der Waals surface area contributed by atoms with Gasteiger partial charge < -0.3 is 14.6 Å². The number of fused-ring (bicyclic) bond motifs is 1. The summed E-state index contributed by atoms with van der Waals surface area (Å²) in [6, 6.07) is 8.42. The molecule has 1 aliphatic heterocycles. The number of hydrogen-bond donors (Lipinski definition) is 1. The third kappa shape index (κ3) is 2.94. The van der Waals surface area contributed by atoms with Gasteiger partial charge in [0.1, 0.15) is 11.3 Å². The Morgan fingerprint density at radius 1 is 1.29 bits per heavy atom. The Balaban J connectivity index is 1.93. The van der Waals surface area contributed by atoms with Crippen LogP contribution in [0.4, 0.5) is 0 Å². The molecule has 114 valence electrons. The minimum absolute atomic E-state index is 0.170. The van der Waals surface area contributed by atoms with Crippen LogP contribution in [0.3, 0.4) is 0 Å². The van der Waals surface area contributed by atoms with Crippen LogP contribution in [0.25, 0.3) is 11.0 Å². The molecule has 4 nitrogen and oxygen atoms in total. The van der Waals surface area contributed by atoms with E-state index in [1.165, 1.54) is 0 Å². The van der Waals surface area contributed by atoms with Gasteiger partial charge in [-0.15, -0.1) is 0 Å². The molecule has 2 heterocycles. The van der Waals surface area contributed by atoms with Crippen LogP contribution in [0.15, 0.2) is 28.7 Å². The van der Waals surface area contributed by atoms with E-state index in [2.05, 4.69) is 35.3 Å². The van der Waals surface area contributed by atoms with E-state index in [4.69, 9.17) is 16.0 Å². The smallest absolute Gasteiger partial charge is 0.134 e. The van der Waals surface area contributed by atoms with Gasteiger partial charge in [0.25, 0.3) is 0 Å². The molecular weight excluding hydrogens is 286 g/mol. The summed E-state index contributed by atoms with van der Waals surface area (Å²) in [6.45, 7) is 3.21. The predicted octanol–water partition coefficient (Wildman–Crippen LogP) is 2.59. The molecule has 1 aromatic carbocycles. The van der Waals surface area contributed by atoms with Crippen LogP contribution in [0.2, 0.25) is 5.02 Å². The second-order valence-corrected chi connectivity index (χ2v) is 6.34. The number of rotatable bonds is 3. The zero-order valence-corrected chi connectivity index (χ0v) is 13.5. The van der Waals surface area contributed by atoms with Gasteiger partial charge in [-0.25, -0.2) is 0 Å². The summed E-state index contributed by atoms with van der Waals surface area (Å²) in [5.41, 5.74) is 0.890. The third-order valence-corrected chi connectivity index (χ3v) is 4.63. The molecule has 1 saturated heterocycles. The number of nitrogens with one attached hydrogen (secondary N) is 1. The molecule has 2 atom stereocenters. The standard InChI is InChI=1S/C16H22ClN3O/c1-18-16(13-10-19(2)6-7-20(13)3)15-9-11-8-12(17)4-5-14(11)21-15/h4-5,8-9,13,16,18H,6-7,10H2,1-3H3. The van der Waals surface area contributed by atoms with E-state index in [1.807, 2.05) is 25.2 Å². The molecular formula is C16H22ClN3O. The van der Waals surface area contributed by atoms with Crippen molar-refractivity contribution in [1.82, 2.24) is 15.1 Å². The van der Waals surface area contributed by atoms with Gasteiger partial charge in [-0.2, -0.15) is 0 Å². The fraction of sp³-hybridized carbons (Fsp3) is 0.500. The highest BCUT2D eigenvalue weighted by Gasteiger charge is 2.31. The second-order valence-electron chi connectivity index (χ2n) is 5.91. The van der Waals surface area contributed by atoms with Gasteiger partial charge in [0.05, 0.1) is 6.04 Å². The molecule has 0 bridgehead atoms. The fourth-order valence-electron chi connectivity index (χ4n) is 3.12. The monoisotopic (exact) mass is 307 g/mol. The number of furan rings is 1. The normalized spacial score (nSPS) is 22.8. The average molecular weight is 308 g/mol. The van der Waals surface area contributed by atoms with Crippen molar-refractivity contribution in [2.45, 2.75) is 12.1 Å². The lowest BCUT2D eigenvalue weighted by atomic mass is 10.0. The molecule has 0 amide bonds. The quantitative estimate of drug-likeness (QED) is 0.944. The summed E-state index contributed by atoms with van der Waals surface area (Å²) in [5, 5.41) is 5.22. The van der Waals surface area contributed by atoms with Crippen LogP contribution >= 0.6 is 11.6 Å². The molecule has 1 aromatic heterocycles. The lowest BCUT2D eigenvalue weighted by molar-refractivity contribution is 0.0842. The first kappa shape index (κ1) is 14.9.